The summed E-state index contributed by atoms with van der Waals surface area (Å²) in [5.41, 5.74) is 1.89. The number of aliphatic hydroxyl groups excluding tert-OH is 1. The second-order valence-electron chi connectivity index (χ2n) is 7.23. The molecule has 0 radical (unpaired) electrons. The smallest absolute Gasteiger partial charge is 0.221 e. The van der Waals surface area contributed by atoms with Gasteiger partial charge in [0.05, 0.1) is 6.10 Å². The van der Waals surface area contributed by atoms with Gasteiger partial charge in [0.15, 0.2) is 0 Å². The highest BCUT2D eigenvalue weighted by molar-refractivity contribution is 7.99. The second-order valence-corrected chi connectivity index (χ2v) is 8.32. The fourth-order valence-corrected chi connectivity index (χ4v) is 3.29. The van der Waals surface area contributed by atoms with Crippen LogP contribution in [0.1, 0.15) is 33.3 Å². The highest BCUT2D eigenvalue weighted by Gasteiger charge is 2.19. The van der Waals surface area contributed by atoms with E-state index >= 15 is 0 Å². The number of amides is 1. The molecule has 2 rings (SSSR count). The number of benzene rings is 2. The minimum absolute atomic E-state index is 0.00799. The number of anilines is 1. The van der Waals surface area contributed by atoms with Crippen molar-refractivity contribution in [3.8, 4) is 5.75 Å². The monoisotopic (exact) mass is 373 g/mol. The predicted molar refractivity (Wildman–Crippen MR) is 108 cm³/mol. The van der Waals surface area contributed by atoms with E-state index in [2.05, 4.69) is 32.2 Å². The molecule has 5 heteroatoms. The molecule has 0 aliphatic carbocycles. The summed E-state index contributed by atoms with van der Waals surface area (Å²) in [4.78, 5) is 12.1. The molecule has 1 unspecified atom stereocenters. The Morgan fingerprint density at radius 3 is 2.42 bits per heavy atom. The van der Waals surface area contributed by atoms with E-state index in [4.69, 9.17) is 4.74 Å². The molecule has 0 heterocycles. The fraction of sp³-hybridized carbons (Fsp3) is 0.381. The third-order valence-corrected chi connectivity index (χ3v) is 4.90. The van der Waals surface area contributed by atoms with E-state index in [1.54, 1.807) is 11.8 Å². The summed E-state index contributed by atoms with van der Waals surface area (Å²) in [6.45, 7) is 8.17. The van der Waals surface area contributed by atoms with Crippen LogP contribution in [0.2, 0.25) is 0 Å². The van der Waals surface area contributed by atoms with Gasteiger partial charge in [-0.05, 0) is 41.3 Å². The largest absolute Gasteiger partial charge is 0.491 e. The maximum absolute atomic E-state index is 11.0. The van der Waals surface area contributed by atoms with Gasteiger partial charge in [-0.2, -0.15) is 0 Å². The van der Waals surface area contributed by atoms with Crippen LogP contribution in [0.3, 0.4) is 0 Å². The topological polar surface area (TPSA) is 58.6 Å². The number of thioether (sulfide) groups is 1. The summed E-state index contributed by atoms with van der Waals surface area (Å²) in [6, 6.07) is 15.5. The highest BCUT2D eigenvalue weighted by atomic mass is 32.2. The van der Waals surface area contributed by atoms with E-state index in [0.717, 1.165) is 21.9 Å². The van der Waals surface area contributed by atoms with E-state index in [9.17, 15) is 9.90 Å². The molecule has 4 nitrogen and oxygen atoms in total. The first-order chi connectivity index (χ1) is 12.3. The van der Waals surface area contributed by atoms with Gasteiger partial charge in [0.2, 0.25) is 5.91 Å². The standard InChI is InChI=1S/C21H27NO3S/c1-15(23)22-16-9-11-18(12-10-16)26-14-17(24)13-25-20-8-6-5-7-19(20)21(2,3)4/h5-12,17,24H,13-14H2,1-4H3,(H,22,23). The number of carbonyl (C=O) groups excluding carboxylic acids is 1. The zero-order valence-corrected chi connectivity index (χ0v) is 16.6. The lowest BCUT2D eigenvalue weighted by Crippen LogP contribution is -2.22. The molecule has 0 saturated heterocycles. The first-order valence-corrected chi connectivity index (χ1v) is 9.65. The molecule has 140 valence electrons. The zero-order chi connectivity index (χ0) is 19.2. The van der Waals surface area contributed by atoms with E-state index in [1.165, 1.54) is 6.92 Å². The van der Waals surface area contributed by atoms with Crippen molar-refractivity contribution in [3.63, 3.8) is 0 Å². The number of rotatable bonds is 7. The Bertz CT molecular complexity index is 723. The van der Waals surface area contributed by atoms with Crippen molar-refractivity contribution in [2.75, 3.05) is 17.7 Å². The average molecular weight is 374 g/mol. The Kier molecular flexibility index (Phi) is 7.12. The number of carbonyl (C=O) groups is 1. The maximum Gasteiger partial charge on any atom is 0.221 e. The second kappa shape index (κ2) is 9.10. The van der Waals surface area contributed by atoms with Crippen LogP contribution in [0, 0.1) is 0 Å². The number of nitrogens with one attached hydrogen (secondary N) is 1. The van der Waals surface area contributed by atoms with Gasteiger partial charge >= 0.3 is 0 Å². The third-order valence-electron chi connectivity index (χ3n) is 3.74. The number of aliphatic hydroxyl groups is 1. The van der Waals surface area contributed by atoms with E-state index in [0.29, 0.717) is 5.75 Å². The molecule has 2 aromatic rings. The summed E-state index contributed by atoms with van der Waals surface area (Å²) in [6.07, 6.45) is -0.567. The van der Waals surface area contributed by atoms with Gasteiger partial charge in [-0.25, -0.2) is 0 Å². The van der Waals surface area contributed by atoms with Crippen molar-refractivity contribution in [1.29, 1.82) is 0 Å². The molecule has 0 spiro atoms. The summed E-state index contributed by atoms with van der Waals surface area (Å²) in [5, 5.41) is 13.0. The Balaban J connectivity index is 1.84. The van der Waals surface area contributed by atoms with E-state index < -0.39 is 6.10 Å². The Labute approximate surface area is 160 Å². The lowest BCUT2D eigenvalue weighted by atomic mass is 9.86. The summed E-state index contributed by atoms with van der Waals surface area (Å²) in [7, 11) is 0. The lowest BCUT2D eigenvalue weighted by Gasteiger charge is -2.23. The fourth-order valence-electron chi connectivity index (χ4n) is 2.48. The minimum Gasteiger partial charge on any atom is -0.491 e. The van der Waals surface area contributed by atoms with Crippen molar-refractivity contribution < 1.29 is 14.6 Å². The Hall–Kier alpha value is -1.98. The van der Waals surface area contributed by atoms with Crippen molar-refractivity contribution in [2.24, 2.45) is 0 Å². The predicted octanol–water partition coefficient (Wildman–Crippen LogP) is 4.47. The molecule has 0 fully saturated rings. The normalized spacial score (nSPS) is 12.5. The van der Waals surface area contributed by atoms with Crippen molar-refractivity contribution in [2.45, 2.75) is 44.1 Å². The molecule has 26 heavy (non-hydrogen) atoms. The molecule has 0 aromatic heterocycles. The van der Waals surface area contributed by atoms with Crippen molar-refractivity contribution in [1.82, 2.24) is 0 Å². The molecule has 1 atom stereocenters. The van der Waals surface area contributed by atoms with Crippen LogP contribution in [0.15, 0.2) is 53.4 Å². The van der Waals surface area contributed by atoms with Crippen LogP contribution in [-0.4, -0.2) is 29.5 Å². The zero-order valence-electron chi connectivity index (χ0n) is 15.8. The highest BCUT2D eigenvalue weighted by Crippen LogP contribution is 2.31. The Morgan fingerprint density at radius 2 is 1.81 bits per heavy atom. The van der Waals surface area contributed by atoms with Gasteiger partial charge in [-0.3, -0.25) is 4.79 Å². The summed E-state index contributed by atoms with van der Waals surface area (Å²) < 4.78 is 5.87. The van der Waals surface area contributed by atoms with E-state index in [1.807, 2.05) is 42.5 Å². The quantitative estimate of drug-likeness (QED) is 0.703. The van der Waals surface area contributed by atoms with Gasteiger partial charge in [-0.1, -0.05) is 39.0 Å². The van der Waals surface area contributed by atoms with Crippen molar-refractivity contribution in [3.05, 3.63) is 54.1 Å². The molecule has 1 amide bonds. The van der Waals surface area contributed by atoms with Crippen molar-refractivity contribution >= 4 is 23.4 Å². The third kappa shape index (κ3) is 6.39. The summed E-state index contributed by atoms with van der Waals surface area (Å²) in [5.74, 6) is 1.27. The molecule has 2 aromatic carbocycles. The molecule has 0 aliphatic rings. The van der Waals surface area contributed by atoms with Gasteiger partial charge in [0, 0.05) is 23.3 Å². The molecule has 2 N–H and O–H groups in total. The summed E-state index contributed by atoms with van der Waals surface area (Å²) >= 11 is 1.56. The molecule has 0 bridgehead atoms. The lowest BCUT2D eigenvalue weighted by molar-refractivity contribution is -0.114. The maximum atomic E-state index is 11.0. The van der Waals surface area contributed by atoms with Crippen LogP contribution in [0.25, 0.3) is 0 Å². The number of ether oxygens (including phenoxy) is 1. The van der Waals surface area contributed by atoms with Crippen LogP contribution in [-0.2, 0) is 10.2 Å². The number of para-hydroxylation sites is 1. The molecular weight excluding hydrogens is 346 g/mol. The van der Waals surface area contributed by atoms with Crippen LogP contribution < -0.4 is 10.1 Å². The van der Waals surface area contributed by atoms with E-state index in [-0.39, 0.29) is 17.9 Å². The van der Waals surface area contributed by atoms with Gasteiger partial charge in [0.1, 0.15) is 12.4 Å². The molecule has 0 aliphatic heterocycles. The SMILES string of the molecule is CC(=O)Nc1ccc(SCC(O)COc2ccccc2C(C)(C)C)cc1. The number of hydrogen-bond donors (Lipinski definition) is 2. The minimum atomic E-state index is -0.567. The average Bonchev–Trinajstić information content (AvgIpc) is 2.58. The molecular formula is C21H27NO3S. The number of hydrogen-bond acceptors (Lipinski definition) is 4. The molecule has 0 saturated carbocycles. The van der Waals surface area contributed by atoms with Gasteiger partial charge in [-0.15, -0.1) is 11.8 Å². The van der Waals surface area contributed by atoms with Gasteiger partial charge < -0.3 is 15.2 Å². The van der Waals surface area contributed by atoms with Gasteiger partial charge in [0.25, 0.3) is 0 Å². The first-order valence-electron chi connectivity index (χ1n) is 8.66. The first kappa shape index (κ1) is 20.3. The van der Waals surface area contributed by atoms with Crippen LogP contribution in [0.4, 0.5) is 5.69 Å². The Morgan fingerprint density at radius 1 is 1.15 bits per heavy atom. The van der Waals surface area contributed by atoms with Crippen LogP contribution in [0.5, 0.6) is 5.75 Å². The van der Waals surface area contributed by atoms with Crippen LogP contribution >= 0.6 is 11.8 Å².